The van der Waals surface area contributed by atoms with Gasteiger partial charge in [-0.3, -0.25) is 9.59 Å². The molecule has 3 aliphatic heterocycles. The smallest absolute Gasteiger partial charge is 0.364 e. The number of rotatable bonds is 47. The van der Waals surface area contributed by atoms with Crippen molar-refractivity contribution in [3.8, 4) is 0 Å². The maximum absolute atomic E-state index is 13.4. The van der Waals surface area contributed by atoms with Gasteiger partial charge in [-0.2, -0.15) is 0 Å². The number of aliphatic hydroxyl groups excluding tert-OH is 11. The first kappa shape index (κ1) is 75.0. The Morgan fingerprint density at radius 1 is 0.578 bits per heavy atom. The van der Waals surface area contributed by atoms with Gasteiger partial charge in [-0.1, -0.05) is 194 Å². The first-order chi connectivity index (χ1) is 39.9. The van der Waals surface area contributed by atoms with Crippen molar-refractivity contribution in [1.82, 2.24) is 10.6 Å². The molecule has 0 aromatic rings. The summed E-state index contributed by atoms with van der Waals surface area (Å²) in [5.74, 6) is -6.09. The van der Waals surface area contributed by atoms with E-state index in [1.54, 1.807) is 0 Å². The summed E-state index contributed by atoms with van der Waals surface area (Å²) in [7, 11) is 0. The van der Waals surface area contributed by atoms with E-state index in [-0.39, 0.29) is 18.9 Å². The minimum absolute atomic E-state index is 0.228. The van der Waals surface area contributed by atoms with E-state index in [4.69, 9.17) is 28.4 Å². The number of carboxylic acid groups (broad SMARTS) is 1. The highest BCUT2D eigenvalue weighted by molar-refractivity contribution is 5.77. The molecule has 0 aromatic heterocycles. The molecule has 0 aliphatic carbocycles. The van der Waals surface area contributed by atoms with Crippen molar-refractivity contribution < 1.29 is 104 Å². The summed E-state index contributed by atoms with van der Waals surface area (Å²) >= 11 is 0. The maximum atomic E-state index is 13.4. The third-order valence-electron chi connectivity index (χ3n) is 16.6. The molecule has 2 amide bonds. The molecule has 0 radical (unpaired) electrons. The van der Waals surface area contributed by atoms with Gasteiger partial charge in [-0.05, 0) is 12.8 Å². The van der Waals surface area contributed by atoms with Crippen molar-refractivity contribution in [2.75, 3.05) is 26.4 Å². The number of amides is 2. The van der Waals surface area contributed by atoms with Crippen molar-refractivity contribution in [1.29, 1.82) is 0 Å². The van der Waals surface area contributed by atoms with Gasteiger partial charge in [0.25, 0.3) is 5.79 Å². The minimum Gasteiger partial charge on any atom is -0.477 e. The zero-order valence-corrected chi connectivity index (χ0v) is 50.3. The highest BCUT2D eigenvalue weighted by atomic mass is 16.8. The fourth-order valence-electron chi connectivity index (χ4n) is 11.4. The molecular formula is C60H112N2O21. The van der Waals surface area contributed by atoms with Crippen molar-refractivity contribution in [2.24, 2.45) is 0 Å². The highest BCUT2D eigenvalue weighted by Gasteiger charge is 2.60. The molecule has 23 nitrogen and oxygen atoms in total. The van der Waals surface area contributed by atoms with Crippen LogP contribution < -0.4 is 10.6 Å². The zero-order valence-electron chi connectivity index (χ0n) is 50.3. The van der Waals surface area contributed by atoms with Crippen molar-refractivity contribution in [3.05, 3.63) is 0 Å². The molecule has 0 spiro atoms. The van der Waals surface area contributed by atoms with E-state index >= 15 is 0 Å². The van der Waals surface area contributed by atoms with Crippen LogP contribution in [0, 0.1) is 0 Å². The summed E-state index contributed by atoms with van der Waals surface area (Å²) in [4.78, 5) is 38.4. The van der Waals surface area contributed by atoms with Crippen LogP contribution in [0.25, 0.3) is 0 Å². The lowest BCUT2D eigenvalue weighted by Gasteiger charge is -2.50. The summed E-state index contributed by atoms with van der Waals surface area (Å²) < 4.78 is 34.7. The summed E-state index contributed by atoms with van der Waals surface area (Å²) in [5, 5.41) is 136. The number of carbonyl (C=O) groups is 3. The quantitative estimate of drug-likeness (QED) is 0.0386. The lowest BCUT2D eigenvalue weighted by atomic mass is 9.88. The SMILES string of the molecule is CCCCCCCCCCCCCCCCCCCCC(=O)NC(COC1OC(CO)C(OC2OC(CO)C(O)C(OC3(C(=O)O)CC(O)C(NC(C)=O)C(C(O)C(O)CO)O3)C2O)C(O)C1O)C(O)CCCCCCCCCCCCC. The van der Waals surface area contributed by atoms with Gasteiger partial charge in [0.1, 0.15) is 67.1 Å². The summed E-state index contributed by atoms with van der Waals surface area (Å²) in [5.41, 5.74) is 0. The summed E-state index contributed by atoms with van der Waals surface area (Å²) in [6.45, 7) is 2.18. The number of unbranched alkanes of at least 4 members (excludes halogenated alkanes) is 27. The molecule has 3 rings (SSSR count). The average molecular weight is 1200 g/mol. The van der Waals surface area contributed by atoms with Crippen LogP contribution in [0.1, 0.15) is 226 Å². The number of carbonyl (C=O) groups excluding carboxylic acids is 2. The van der Waals surface area contributed by atoms with Crippen molar-refractivity contribution in [2.45, 2.75) is 336 Å². The molecule has 18 atom stereocenters. The molecule has 3 heterocycles. The first-order valence-corrected chi connectivity index (χ1v) is 31.9. The molecule has 0 bridgehead atoms. The molecule has 83 heavy (non-hydrogen) atoms. The van der Waals surface area contributed by atoms with E-state index in [0.717, 1.165) is 51.9 Å². The normalized spacial score (nSPS) is 29.9. The topological polar surface area (TPSA) is 373 Å². The summed E-state index contributed by atoms with van der Waals surface area (Å²) in [6.07, 6.45) is 5.59. The van der Waals surface area contributed by atoms with E-state index in [2.05, 4.69) is 24.5 Å². The second-order valence-corrected chi connectivity index (χ2v) is 23.6. The Morgan fingerprint density at radius 3 is 1.51 bits per heavy atom. The molecule has 488 valence electrons. The van der Waals surface area contributed by atoms with E-state index in [1.807, 2.05) is 0 Å². The average Bonchev–Trinajstić information content (AvgIpc) is 2.23. The van der Waals surface area contributed by atoms with Crippen LogP contribution in [0.3, 0.4) is 0 Å². The molecule has 14 N–H and O–H groups in total. The third-order valence-corrected chi connectivity index (χ3v) is 16.6. The van der Waals surface area contributed by atoms with Crippen LogP contribution >= 0.6 is 0 Å². The van der Waals surface area contributed by atoms with Gasteiger partial charge in [-0.25, -0.2) is 4.79 Å². The Labute approximate surface area is 493 Å². The Morgan fingerprint density at radius 2 is 1.05 bits per heavy atom. The molecule has 23 heteroatoms. The van der Waals surface area contributed by atoms with E-state index in [0.29, 0.717) is 19.3 Å². The maximum Gasteiger partial charge on any atom is 0.364 e. The fourth-order valence-corrected chi connectivity index (χ4v) is 11.4. The molecule has 3 fully saturated rings. The molecule has 0 aromatic carbocycles. The van der Waals surface area contributed by atoms with E-state index < -0.39 is 148 Å². The Hall–Kier alpha value is -2.27. The fraction of sp³-hybridized carbons (Fsp3) is 0.950. The Bertz CT molecular complexity index is 1710. The van der Waals surface area contributed by atoms with Gasteiger partial charge >= 0.3 is 5.97 Å². The molecule has 3 saturated heterocycles. The van der Waals surface area contributed by atoms with Gasteiger partial charge in [-0.15, -0.1) is 0 Å². The number of aliphatic carboxylic acids is 1. The van der Waals surface area contributed by atoms with E-state index in [1.165, 1.54) is 128 Å². The predicted molar refractivity (Wildman–Crippen MR) is 306 cm³/mol. The van der Waals surface area contributed by atoms with E-state index in [9.17, 15) is 75.7 Å². The second-order valence-electron chi connectivity index (χ2n) is 23.6. The predicted octanol–water partition coefficient (Wildman–Crippen LogP) is 3.78. The number of nitrogens with one attached hydrogen (secondary N) is 2. The van der Waals surface area contributed by atoms with Crippen LogP contribution in [-0.2, 0) is 42.8 Å². The van der Waals surface area contributed by atoms with Gasteiger partial charge in [0.2, 0.25) is 11.8 Å². The van der Waals surface area contributed by atoms with Crippen LogP contribution in [0.5, 0.6) is 0 Å². The van der Waals surface area contributed by atoms with Crippen LogP contribution in [0.4, 0.5) is 0 Å². The van der Waals surface area contributed by atoms with Crippen LogP contribution in [-0.4, -0.2) is 215 Å². The number of hydrogen-bond donors (Lipinski definition) is 14. The molecule has 0 saturated carbocycles. The second kappa shape index (κ2) is 42.6. The van der Waals surface area contributed by atoms with Gasteiger partial charge < -0.3 is 100 Å². The summed E-state index contributed by atoms with van der Waals surface area (Å²) in [6, 6.07) is -2.52. The largest absolute Gasteiger partial charge is 0.477 e. The Kier molecular flexibility index (Phi) is 38.5. The van der Waals surface area contributed by atoms with Gasteiger partial charge in [0, 0.05) is 19.8 Å². The lowest BCUT2D eigenvalue weighted by molar-refractivity contribution is -0.386. The van der Waals surface area contributed by atoms with Gasteiger partial charge in [0.05, 0.1) is 50.7 Å². The van der Waals surface area contributed by atoms with Crippen molar-refractivity contribution in [3.63, 3.8) is 0 Å². The number of aliphatic hydroxyl groups is 11. The molecular weight excluding hydrogens is 1080 g/mol. The highest BCUT2D eigenvalue weighted by Crippen LogP contribution is 2.38. The standard InChI is InChI=1S/C60H112N2O21/c1-4-6-8-10-12-14-16-17-18-19-20-21-22-24-26-28-30-32-34-47(70)62-41(42(67)33-31-29-27-25-23-15-13-11-9-7-5-2)39-78-57-52(74)51(73)54(46(38-65)80-57)81-58-53(75)56(50(72)45(37-64)79-58)83-60(59(76)77)35-43(68)48(61-40(3)66)55(82-60)49(71)44(69)36-63/h41-46,48-58,63-65,67-69,71-75H,4-39H2,1-3H3,(H,61,66)(H,62,70)(H,76,77). The minimum atomic E-state index is -3.07. The number of ether oxygens (including phenoxy) is 6. The van der Waals surface area contributed by atoms with Crippen LogP contribution in [0.2, 0.25) is 0 Å². The number of hydrogen-bond acceptors (Lipinski definition) is 20. The Balaban J connectivity index is 1.62. The zero-order chi connectivity index (χ0) is 61.2. The molecule has 3 aliphatic rings. The van der Waals surface area contributed by atoms with Gasteiger partial charge in [0.15, 0.2) is 12.6 Å². The van der Waals surface area contributed by atoms with Crippen molar-refractivity contribution >= 4 is 17.8 Å². The lowest BCUT2D eigenvalue weighted by Crippen LogP contribution is -2.70. The van der Waals surface area contributed by atoms with Crippen LogP contribution in [0.15, 0.2) is 0 Å². The third kappa shape index (κ3) is 26.5. The first-order valence-electron chi connectivity index (χ1n) is 31.9. The monoisotopic (exact) mass is 1200 g/mol. The molecule has 18 unspecified atom stereocenters. The number of carboxylic acids is 1.